The van der Waals surface area contributed by atoms with E-state index in [1.807, 2.05) is 18.2 Å². The van der Waals surface area contributed by atoms with E-state index in [1.54, 1.807) is 24.3 Å². The number of hydrogen-bond donors (Lipinski definition) is 0. The van der Waals surface area contributed by atoms with E-state index in [2.05, 4.69) is 10.0 Å². The molecule has 0 N–H and O–H groups in total. The normalized spacial score (nSPS) is 18.2. The third kappa shape index (κ3) is 6.28. The number of halogens is 2. The molecule has 192 valence electrons. The fourth-order valence-electron chi connectivity index (χ4n) is 4.42. The Balaban J connectivity index is 1.57. The predicted octanol–water partition coefficient (Wildman–Crippen LogP) is 2.96. The summed E-state index contributed by atoms with van der Waals surface area (Å²) in [5.41, 5.74) is 1.64. The van der Waals surface area contributed by atoms with Crippen LogP contribution in [0.4, 0.5) is 4.39 Å². The van der Waals surface area contributed by atoms with Crippen molar-refractivity contribution in [3.63, 3.8) is 0 Å². The molecule has 2 aromatic rings. The van der Waals surface area contributed by atoms with E-state index in [-0.39, 0.29) is 19.1 Å². The van der Waals surface area contributed by atoms with Crippen molar-refractivity contribution in [3.8, 4) is 0 Å². The van der Waals surface area contributed by atoms with Gasteiger partial charge in [0.05, 0.1) is 25.0 Å². The molecule has 1 fully saturated rings. The van der Waals surface area contributed by atoms with Crippen molar-refractivity contribution in [2.45, 2.75) is 12.5 Å². The average molecular weight is 517 g/mol. The minimum absolute atomic E-state index is 0.138. The Hall–Kier alpha value is -2.85. The molecule has 2 heterocycles. The van der Waals surface area contributed by atoms with Crippen LogP contribution in [-0.4, -0.2) is 92.0 Å². The van der Waals surface area contributed by atoms with Gasteiger partial charge in [-0.2, -0.15) is 5.10 Å². The SMILES string of the molecule is COCC(=O)N(CCN1CCOCC1)CC(=O)N1N=C(c2ccccc2Cl)C[C@H]1c1ccccc1F. The summed E-state index contributed by atoms with van der Waals surface area (Å²) in [5.74, 6) is -1.12. The lowest BCUT2D eigenvalue weighted by molar-refractivity contribution is -0.144. The Morgan fingerprint density at radius 2 is 1.89 bits per heavy atom. The lowest BCUT2D eigenvalue weighted by Gasteiger charge is -2.31. The van der Waals surface area contributed by atoms with Crippen molar-refractivity contribution < 1.29 is 23.5 Å². The molecule has 2 aromatic carbocycles. The van der Waals surface area contributed by atoms with Crippen LogP contribution >= 0.6 is 11.6 Å². The Bertz CT molecular complexity index is 1110. The molecule has 0 aromatic heterocycles. The number of amides is 2. The van der Waals surface area contributed by atoms with Gasteiger partial charge in [0.15, 0.2) is 0 Å². The Morgan fingerprint density at radius 3 is 2.61 bits per heavy atom. The molecule has 0 saturated carbocycles. The van der Waals surface area contributed by atoms with Gasteiger partial charge in [-0.25, -0.2) is 9.40 Å². The second-order valence-electron chi connectivity index (χ2n) is 8.71. The maximum Gasteiger partial charge on any atom is 0.262 e. The second-order valence-corrected chi connectivity index (χ2v) is 9.12. The third-order valence-electron chi connectivity index (χ3n) is 6.35. The highest BCUT2D eigenvalue weighted by Gasteiger charge is 2.36. The first-order valence-electron chi connectivity index (χ1n) is 11.9. The number of carbonyl (C=O) groups excluding carboxylic acids is 2. The van der Waals surface area contributed by atoms with Gasteiger partial charge in [-0.15, -0.1) is 0 Å². The standard InChI is InChI=1S/C26H30ClFN4O4/c1-35-18-26(34)31(11-10-30-12-14-36-15-13-30)17-25(33)32-24(20-7-3-5-9-22(20)28)16-23(29-32)19-6-2-4-8-21(19)27/h2-9,24H,10-18H2,1H3/t24-/m0/s1. The lowest BCUT2D eigenvalue weighted by Crippen LogP contribution is -2.47. The highest BCUT2D eigenvalue weighted by Crippen LogP contribution is 2.35. The van der Waals surface area contributed by atoms with Crippen molar-refractivity contribution >= 4 is 29.1 Å². The Labute approximate surface area is 215 Å². The van der Waals surface area contributed by atoms with Gasteiger partial charge in [0.1, 0.15) is 19.0 Å². The Morgan fingerprint density at radius 1 is 1.17 bits per heavy atom. The van der Waals surface area contributed by atoms with Gasteiger partial charge < -0.3 is 14.4 Å². The third-order valence-corrected chi connectivity index (χ3v) is 6.68. The average Bonchev–Trinajstić information content (AvgIpc) is 3.33. The van der Waals surface area contributed by atoms with Crippen LogP contribution in [0.15, 0.2) is 53.6 Å². The van der Waals surface area contributed by atoms with Crippen LogP contribution in [0.3, 0.4) is 0 Å². The van der Waals surface area contributed by atoms with Crippen LogP contribution in [0.5, 0.6) is 0 Å². The van der Waals surface area contributed by atoms with Gasteiger partial charge in [0, 0.05) is 55.9 Å². The summed E-state index contributed by atoms with van der Waals surface area (Å²) in [6.45, 7) is 3.45. The van der Waals surface area contributed by atoms with Gasteiger partial charge in [0.2, 0.25) is 5.91 Å². The molecule has 0 bridgehead atoms. The number of hydrogen-bond acceptors (Lipinski definition) is 6. The van der Waals surface area contributed by atoms with Crippen LogP contribution in [0.2, 0.25) is 5.02 Å². The Kier molecular flexibility index (Phi) is 9.03. The molecule has 10 heteroatoms. The van der Waals surface area contributed by atoms with Crippen LogP contribution in [0.1, 0.15) is 23.6 Å². The summed E-state index contributed by atoms with van der Waals surface area (Å²) < 4.78 is 25.2. The highest BCUT2D eigenvalue weighted by molar-refractivity contribution is 6.34. The maximum atomic E-state index is 14.8. The molecule has 0 spiro atoms. The summed E-state index contributed by atoms with van der Waals surface area (Å²) in [6.07, 6.45) is 0.302. The van der Waals surface area contributed by atoms with Gasteiger partial charge in [-0.3, -0.25) is 14.5 Å². The summed E-state index contributed by atoms with van der Waals surface area (Å²) in [7, 11) is 1.44. The number of hydrazone groups is 1. The van der Waals surface area contributed by atoms with Crippen molar-refractivity contribution in [3.05, 3.63) is 70.5 Å². The molecule has 0 radical (unpaired) electrons. The van der Waals surface area contributed by atoms with Crippen LogP contribution < -0.4 is 0 Å². The highest BCUT2D eigenvalue weighted by atomic mass is 35.5. The lowest BCUT2D eigenvalue weighted by atomic mass is 9.98. The van der Waals surface area contributed by atoms with E-state index < -0.39 is 17.8 Å². The van der Waals surface area contributed by atoms with E-state index in [0.717, 1.165) is 13.1 Å². The number of benzene rings is 2. The summed E-state index contributed by atoms with van der Waals surface area (Å²) in [4.78, 5) is 30.0. The molecule has 2 aliphatic heterocycles. The minimum Gasteiger partial charge on any atom is -0.379 e. The summed E-state index contributed by atoms with van der Waals surface area (Å²) in [5, 5.41) is 6.37. The van der Waals surface area contributed by atoms with Gasteiger partial charge >= 0.3 is 0 Å². The zero-order chi connectivity index (χ0) is 25.5. The van der Waals surface area contributed by atoms with Gasteiger partial charge in [-0.05, 0) is 12.1 Å². The molecule has 8 nitrogen and oxygen atoms in total. The van der Waals surface area contributed by atoms with Crippen molar-refractivity contribution in [2.75, 3.05) is 59.7 Å². The molecule has 2 aliphatic rings. The molecule has 4 rings (SSSR count). The number of ether oxygens (including phenoxy) is 2. The first-order chi connectivity index (χ1) is 17.5. The molecule has 0 aliphatic carbocycles. The monoisotopic (exact) mass is 516 g/mol. The van der Waals surface area contributed by atoms with E-state index in [0.29, 0.717) is 54.6 Å². The zero-order valence-corrected chi connectivity index (χ0v) is 21.0. The molecule has 1 saturated heterocycles. The van der Waals surface area contributed by atoms with Crippen molar-refractivity contribution in [2.24, 2.45) is 5.10 Å². The fraction of sp³-hybridized carbons (Fsp3) is 0.423. The topological polar surface area (TPSA) is 74.7 Å². The smallest absolute Gasteiger partial charge is 0.262 e. The quantitative estimate of drug-likeness (QED) is 0.512. The molecule has 0 unspecified atom stereocenters. The molecule has 1 atom stereocenters. The van der Waals surface area contributed by atoms with Crippen LogP contribution in [0.25, 0.3) is 0 Å². The first-order valence-corrected chi connectivity index (χ1v) is 12.3. The first kappa shape index (κ1) is 26.2. The number of carbonyl (C=O) groups is 2. The second kappa shape index (κ2) is 12.4. The molecule has 36 heavy (non-hydrogen) atoms. The molecular formula is C26H30ClFN4O4. The number of methoxy groups -OCH3 is 1. The summed E-state index contributed by atoms with van der Waals surface area (Å²) in [6, 6.07) is 12.9. The number of morpholine rings is 1. The van der Waals surface area contributed by atoms with E-state index in [4.69, 9.17) is 21.1 Å². The number of nitrogens with zero attached hydrogens (tertiary/aromatic N) is 4. The predicted molar refractivity (Wildman–Crippen MR) is 134 cm³/mol. The van der Waals surface area contributed by atoms with Crippen LogP contribution in [0, 0.1) is 5.82 Å². The molecule has 2 amide bonds. The minimum atomic E-state index is -0.649. The summed E-state index contributed by atoms with van der Waals surface area (Å²) >= 11 is 6.39. The van der Waals surface area contributed by atoms with E-state index in [1.165, 1.54) is 23.1 Å². The fourth-order valence-corrected chi connectivity index (χ4v) is 4.66. The largest absolute Gasteiger partial charge is 0.379 e. The zero-order valence-electron chi connectivity index (χ0n) is 20.2. The number of rotatable bonds is 9. The van der Waals surface area contributed by atoms with E-state index >= 15 is 0 Å². The van der Waals surface area contributed by atoms with Crippen molar-refractivity contribution in [1.82, 2.24) is 14.8 Å². The van der Waals surface area contributed by atoms with Crippen molar-refractivity contribution in [1.29, 1.82) is 0 Å². The molecular weight excluding hydrogens is 487 g/mol. The van der Waals surface area contributed by atoms with E-state index in [9.17, 15) is 14.0 Å². The van der Waals surface area contributed by atoms with Gasteiger partial charge in [0.25, 0.3) is 5.91 Å². The maximum absolute atomic E-state index is 14.8. The van der Waals surface area contributed by atoms with Crippen LogP contribution in [-0.2, 0) is 19.1 Å². The van der Waals surface area contributed by atoms with Gasteiger partial charge in [-0.1, -0.05) is 48.0 Å².